The number of piperazine rings is 1. The van der Waals surface area contributed by atoms with Gasteiger partial charge in [0.25, 0.3) is 5.95 Å². The van der Waals surface area contributed by atoms with E-state index in [1.165, 1.54) is 0 Å². The van der Waals surface area contributed by atoms with Crippen molar-refractivity contribution in [3.63, 3.8) is 0 Å². The molecule has 110 valence electrons. The molecule has 0 spiro atoms. The number of pyridine rings is 2. The average molecular weight is 294 g/mol. The second-order valence-electron chi connectivity index (χ2n) is 4.73. The molecule has 4 nitrogen and oxygen atoms in total. The van der Waals surface area contributed by atoms with Crippen LogP contribution in [0.3, 0.4) is 0 Å². The molecule has 1 aliphatic heterocycles. The van der Waals surface area contributed by atoms with Crippen molar-refractivity contribution in [2.75, 3.05) is 36.0 Å². The van der Waals surface area contributed by atoms with Gasteiger partial charge in [-0.05, 0) is 12.1 Å². The van der Waals surface area contributed by atoms with Gasteiger partial charge in [-0.3, -0.25) is 0 Å². The zero-order chi connectivity index (χ0) is 14.8. The summed E-state index contributed by atoms with van der Waals surface area (Å²) in [7, 11) is 0. The van der Waals surface area contributed by atoms with Crippen LogP contribution < -0.4 is 9.80 Å². The molecular weight excluding hydrogens is 281 g/mol. The zero-order valence-electron chi connectivity index (χ0n) is 11.1. The number of hydrogen-bond donors (Lipinski definition) is 0. The lowest BCUT2D eigenvalue weighted by atomic mass is 10.3. The summed E-state index contributed by atoms with van der Waals surface area (Å²) >= 11 is 0. The van der Waals surface area contributed by atoms with Crippen LogP contribution in [0.2, 0.25) is 0 Å². The summed E-state index contributed by atoms with van der Waals surface area (Å²) in [6.07, 6.45) is 1.71. The molecule has 0 saturated carbocycles. The third kappa shape index (κ3) is 2.76. The molecule has 3 heterocycles. The van der Waals surface area contributed by atoms with Gasteiger partial charge in [0.2, 0.25) is 0 Å². The Labute approximate surface area is 119 Å². The summed E-state index contributed by atoms with van der Waals surface area (Å²) in [6.45, 7) is 2.14. The SMILES string of the molecule is Fc1cc(F)c(N2CCN(c3ccccn3)CC2)nc1F. The maximum absolute atomic E-state index is 13.7. The second kappa shape index (κ2) is 5.59. The molecule has 0 aliphatic carbocycles. The second-order valence-corrected chi connectivity index (χ2v) is 4.73. The molecule has 0 unspecified atom stereocenters. The molecular formula is C14H13F3N4. The average Bonchev–Trinajstić information content (AvgIpc) is 2.52. The van der Waals surface area contributed by atoms with E-state index < -0.39 is 17.6 Å². The minimum absolute atomic E-state index is 0.144. The Bertz CT molecular complexity index is 628. The Balaban J connectivity index is 1.73. The van der Waals surface area contributed by atoms with E-state index in [9.17, 15) is 13.2 Å². The molecule has 2 aromatic rings. The van der Waals surface area contributed by atoms with Crippen LogP contribution in [0.4, 0.5) is 24.8 Å². The monoisotopic (exact) mass is 294 g/mol. The number of halogens is 3. The summed E-state index contributed by atoms with van der Waals surface area (Å²) in [6, 6.07) is 6.15. The fourth-order valence-electron chi connectivity index (χ4n) is 2.35. The maximum Gasteiger partial charge on any atom is 0.251 e. The number of aromatic nitrogens is 2. The zero-order valence-corrected chi connectivity index (χ0v) is 11.1. The van der Waals surface area contributed by atoms with Crippen LogP contribution in [0, 0.1) is 17.6 Å². The molecule has 3 rings (SSSR count). The van der Waals surface area contributed by atoms with E-state index in [2.05, 4.69) is 9.97 Å². The summed E-state index contributed by atoms with van der Waals surface area (Å²) < 4.78 is 39.8. The Hall–Kier alpha value is -2.31. The number of anilines is 2. The van der Waals surface area contributed by atoms with E-state index in [1.807, 2.05) is 23.1 Å². The van der Waals surface area contributed by atoms with Crippen molar-refractivity contribution in [2.24, 2.45) is 0 Å². The first-order valence-corrected chi connectivity index (χ1v) is 6.57. The highest BCUT2D eigenvalue weighted by atomic mass is 19.2. The smallest absolute Gasteiger partial charge is 0.251 e. The van der Waals surface area contributed by atoms with Crippen molar-refractivity contribution >= 4 is 11.6 Å². The highest BCUT2D eigenvalue weighted by Gasteiger charge is 2.23. The van der Waals surface area contributed by atoms with Crippen LogP contribution in [0.25, 0.3) is 0 Å². The van der Waals surface area contributed by atoms with Crippen LogP contribution >= 0.6 is 0 Å². The van der Waals surface area contributed by atoms with Crippen LogP contribution in [0.1, 0.15) is 0 Å². The molecule has 0 amide bonds. The molecule has 0 atom stereocenters. The van der Waals surface area contributed by atoms with Gasteiger partial charge in [0.1, 0.15) is 5.82 Å². The molecule has 1 fully saturated rings. The van der Waals surface area contributed by atoms with Gasteiger partial charge in [0, 0.05) is 38.4 Å². The Morgan fingerprint density at radius 3 is 2.29 bits per heavy atom. The molecule has 0 aromatic carbocycles. The first kappa shape index (κ1) is 13.7. The van der Waals surface area contributed by atoms with Crippen molar-refractivity contribution in [3.05, 3.63) is 48.0 Å². The van der Waals surface area contributed by atoms with Crippen molar-refractivity contribution < 1.29 is 13.2 Å². The topological polar surface area (TPSA) is 32.3 Å². The van der Waals surface area contributed by atoms with Gasteiger partial charge in [-0.1, -0.05) is 6.07 Å². The third-order valence-corrected chi connectivity index (χ3v) is 3.42. The molecule has 7 heteroatoms. The predicted molar refractivity (Wildman–Crippen MR) is 72.8 cm³/mol. The molecule has 1 saturated heterocycles. The van der Waals surface area contributed by atoms with E-state index in [-0.39, 0.29) is 5.82 Å². The van der Waals surface area contributed by atoms with Gasteiger partial charge in [0.15, 0.2) is 17.5 Å². The Kier molecular flexibility index (Phi) is 3.64. The molecule has 2 aromatic heterocycles. The van der Waals surface area contributed by atoms with Gasteiger partial charge < -0.3 is 9.80 Å². The number of nitrogens with zero attached hydrogens (tertiary/aromatic N) is 4. The molecule has 0 N–H and O–H groups in total. The fraction of sp³-hybridized carbons (Fsp3) is 0.286. The number of rotatable bonds is 2. The standard InChI is InChI=1S/C14H13F3N4/c15-10-9-11(16)14(19-13(10)17)21-7-5-20(6-8-21)12-3-1-2-4-18-12/h1-4,9H,5-8H2. The molecule has 0 radical (unpaired) electrons. The first-order chi connectivity index (χ1) is 10.1. The first-order valence-electron chi connectivity index (χ1n) is 6.57. The highest BCUT2D eigenvalue weighted by Crippen LogP contribution is 2.21. The van der Waals surface area contributed by atoms with E-state index in [0.717, 1.165) is 5.82 Å². The van der Waals surface area contributed by atoms with Gasteiger partial charge in [-0.15, -0.1) is 0 Å². The minimum atomic E-state index is -1.28. The van der Waals surface area contributed by atoms with Crippen molar-refractivity contribution in [2.45, 2.75) is 0 Å². The van der Waals surface area contributed by atoms with Crippen molar-refractivity contribution in [1.82, 2.24) is 9.97 Å². The van der Waals surface area contributed by atoms with E-state index in [4.69, 9.17) is 0 Å². The quantitative estimate of drug-likeness (QED) is 0.795. The van der Waals surface area contributed by atoms with Crippen LogP contribution in [0.15, 0.2) is 30.5 Å². The summed E-state index contributed by atoms with van der Waals surface area (Å²) in [5.74, 6) is -2.70. The summed E-state index contributed by atoms with van der Waals surface area (Å²) in [4.78, 5) is 11.3. The fourth-order valence-corrected chi connectivity index (χ4v) is 2.35. The van der Waals surface area contributed by atoms with Gasteiger partial charge >= 0.3 is 0 Å². The van der Waals surface area contributed by atoms with Crippen molar-refractivity contribution in [3.8, 4) is 0 Å². The summed E-state index contributed by atoms with van der Waals surface area (Å²) in [5, 5.41) is 0. The van der Waals surface area contributed by atoms with E-state index in [1.54, 1.807) is 11.1 Å². The lowest BCUT2D eigenvalue weighted by Crippen LogP contribution is -2.47. The van der Waals surface area contributed by atoms with Crippen molar-refractivity contribution in [1.29, 1.82) is 0 Å². The molecule has 21 heavy (non-hydrogen) atoms. The van der Waals surface area contributed by atoms with Gasteiger partial charge in [0.05, 0.1) is 0 Å². The molecule has 1 aliphatic rings. The summed E-state index contributed by atoms with van der Waals surface area (Å²) in [5.41, 5.74) is 0. The number of hydrogen-bond acceptors (Lipinski definition) is 4. The normalized spacial score (nSPS) is 15.4. The maximum atomic E-state index is 13.7. The van der Waals surface area contributed by atoms with E-state index in [0.29, 0.717) is 32.2 Å². The lowest BCUT2D eigenvalue weighted by molar-refractivity contribution is 0.461. The van der Waals surface area contributed by atoms with Crippen LogP contribution in [-0.4, -0.2) is 36.1 Å². The van der Waals surface area contributed by atoms with Crippen LogP contribution in [0.5, 0.6) is 0 Å². The van der Waals surface area contributed by atoms with Crippen LogP contribution in [-0.2, 0) is 0 Å². The van der Waals surface area contributed by atoms with E-state index >= 15 is 0 Å². The Morgan fingerprint density at radius 1 is 0.905 bits per heavy atom. The minimum Gasteiger partial charge on any atom is -0.353 e. The largest absolute Gasteiger partial charge is 0.353 e. The Morgan fingerprint density at radius 2 is 1.62 bits per heavy atom. The lowest BCUT2D eigenvalue weighted by Gasteiger charge is -2.36. The molecule has 0 bridgehead atoms. The third-order valence-electron chi connectivity index (χ3n) is 3.42. The highest BCUT2D eigenvalue weighted by molar-refractivity contribution is 5.45. The van der Waals surface area contributed by atoms with Gasteiger partial charge in [-0.25, -0.2) is 13.8 Å². The predicted octanol–water partition coefficient (Wildman–Crippen LogP) is 2.22. The van der Waals surface area contributed by atoms with Gasteiger partial charge in [-0.2, -0.15) is 9.37 Å².